The van der Waals surface area contributed by atoms with Gasteiger partial charge in [-0.05, 0) is 12.1 Å². The van der Waals surface area contributed by atoms with Gasteiger partial charge in [0.25, 0.3) is 0 Å². The SMILES string of the molecule is CN(C)c1ccccc1NC(=O)CSCC#N. The van der Waals surface area contributed by atoms with Crippen LogP contribution in [-0.2, 0) is 4.79 Å². The smallest absolute Gasteiger partial charge is 0.234 e. The second kappa shape index (κ2) is 6.81. The molecule has 0 aliphatic rings. The van der Waals surface area contributed by atoms with E-state index in [0.29, 0.717) is 11.5 Å². The maximum atomic E-state index is 11.6. The fourth-order valence-corrected chi connectivity index (χ4v) is 1.80. The van der Waals surface area contributed by atoms with Crippen molar-refractivity contribution in [1.82, 2.24) is 0 Å². The van der Waals surface area contributed by atoms with Gasteiger partial charge in [-0.2, -0.15) is 5.26 Å². The van der Waals surface area contributed by atoms with Gasteiger partial charge in [-0.1, -0.05) is 12.1 Å². The number of nitrogens with zero attached hydrogens (tertiary/aromatic N) is 2. The lowest BCUT2D eigenvalue weighted by Crippen LogP contribution is -2.18. The Hall–Kier alpha value is -1.67. The molecule has 0 aromatic heterocycles. The van der Waals surface area contributed by atoms with E-state index in [4.69, 9.17) is 5.26 Å². The van der Waals surface area contributed by atoms with Crippen LogP contribution in [0, 0.1) is 11.3 Å². The standard InChI is InChI=1S/C12H15N3OS/c1-15(2)11-6-4-3-5-10(11)14-12(16)9-17-8-7-13/h3-6H,8-9H2,1-2H3,(H,14,16). The second-order valence-corrected chi connectivity index (χ2v) is 4.60. The monoisotopic (exact) mass is 249 g/mol. The number of rotatable bonds is 5. The minimum Gasteiger partial charge on any atom is -0.376 e. The van der Waals surface area contributed by atoms with E-state index < -0.39 is 0 Å². The number of para-hydroxylation sites is 2. The summed E-state index contributed by atoms with van der Waals surface area (Å²) in [6, 6.07) is 9.60. The van der Waals surface area contributed by atoms with Crippen molar-refractivity contribution >= 4 is 29.0 Å². The molecule has 1 aromatic carbocycles. The second-order valence-electron chi connectivity index (χ2n) is 3.61. The van der Waals surface area contributed by atoms with Crippen LogP contribution in [0.3, 0.4) is 0 Å². The van der Waals surface area contributed by atoms with Gasteiger partial charge in [0.1, 0.15) is 0 Å². The Balaban J connectivity index is 2.62. The highest BCUT2D eigenvalue weighted by molar-refractivity contribution is 8.00. The van der Waals surface area contributed by atoms with E-state index >= 15 is 0 Å². The molecule has 0 fully saturated rings. The first-order chi connectivity index (χ1) is 8.15. The zero-order valence-electron chi connectivity index (χ0n) is 9.93. The van der Waals surface area contributed by atoms with Crippen LogP contribution >= 0.6 is 11.8 Å². The molecule has 90 valence electrons. The molecule has 1 rings (SSSR count). The molecule has 0 heterocycles. The number of thioether (sulfide) groups is 1. The van der Waals surface area contributed by atoms with Crippen molar-refractivity contribution in [3.05, 3.63) is 24.3 Å². The van der Waals surface area contributed by atoms with Gasteiger partial charge < -0.3 is 10.2 Å². The summed E-state index contributed by atoms with van der Waals surface area (Å²) in [5, 5.41) is 11.2. The van der Waals surface area contributed by atoms with Crippen LogP contribution in [-0.4, -0.2) is 31.5 Å². The number of carbonyl (C=O) groups is 1. The fraction of sp³-hybridized carbons (Fsp3) is 0.333. The zero-order chi connectivity index (χ0) is 12.7. The molecule has 0 saturated heterocycles. The molecule has 0 unspecified atom stereocenters. The highest BCUT2D eigenvalue weighted by atomic mass is 32.2. The average Bonchev–Trinajstić information content (AvgIpc) is 2.29. The molecule has 4 nitrogen and oxygen atoms in total. The molecule has 1 amide bonds. The van der Waals surface area contributed by atoms with Gasteiger partial charge in [0.2, 0.25) is 5.91 Å². The summed E-state index contributed by atoms with van der Waals surface area (Å²) in [4.78, 5) is 13.5. The van der Waals surface area contributed by atoms with E-state index in [0.717, 1.165) is 11.4 Å². The van der Waals surface area contributed by atoms with Gasteiger partial charge in [-0.3, -0.25) is 4.79 Å². The van der Waals surface area contributed by atoms with Gasteiger partial charge >= 0.3 is 0 Å². The molecule has 0 bridgehead atoms. The van der Waals surface area contributed by atoms with E-state index in [1.807, 2.05) is 49.3 Å². The van der Waals surface area contributed by atoms with Crippen molar-refractivity contribution < 1.29 is 4.79 Å². The van der Waals surface area contributed by atoms with Crippen molar-refractivity contribution in [3.63, 3.8) is 0 Å². The normalized spacial score (nSPS) is 9.47. The van der Waals surface area contributed by atoms with Crippen LogP contribution in [0.25, 0.3) is 0 Å². The summed E-state index contributed by atoms with van der Waals surface area (Å²) in [5.74, 6) is 0.553. The third-order valence-corrected chi connectivity index (χ3v) is 2.86. The average molecular weight is 249 g/mol. The third-order valence-electron chi connectivity index (χ3n) is 2.06. The fourth-order valence-electron chi connectivity index (χ4n) is 1.34. The van der Waals surface area contributed by atoms with E-state index in [-0.39, 0.29) is 5.91 Å². The van der Waals surface area contributed by atoms with E-state index in [9.17, 15) is 4.79 Å². The van der Waals surface area contributed by atoms with Gasteiger partial charge in [0.05, 0.1) is 28.9 Å². The summed E-state index contributed by atoms with van der Waals surface area (Å²) in [7, 11) is 3.85. The lowest BCUT2D eigenvalue weighted by atomic mass is 10.2. The Morgan fingerprint density at radius 1 is 1.47 bits per heavy atom. The summed E-state index contributed by atoms with van der Waals surface area (Å²) < 4.78 is 0. The number of carbonyl (C=O) groups excluding carboxylic acids is 1. The topological polar surface area (TPSA) is 56.1 Å². The van der Waals surface area contributed by atoms with Crippen LogP contribution in [0.1, 0.15) is 0 Å². The molecule has 17 heavy (non-hydrogen) atoms. The molecular formula is C12H15N3OS. The Kier molecular flexibility index (Phi) is 5.37. The molecule has 1 N–H and O–H groups in total. The molecular weight excluding hydrogens is 234 g/mol. The van der Waals surface area contributed by atoms with Gasteiger partial charge in [-0.25, -0.2) is 0 Å². The predicted octanol–water partition coefficient (Wildman–Crippen LogP) is 1.95. The van der Waals surface area contributed by atoms with Crippen molar-refractivity contribution in [3.8, 4) is 6.07 Å². The number of anilines is 2. The highest BCUT2D eigenvalue weighted by Crippen LogP contribution is 2.23. The lowest BCUT2D eigenvalue weighted by Gasteiger charge is -2.17. The Morgan fingerprint density at radius 2 is 2.18 bits per heavy atom. The quantitative estimate of drug-likeness (QED) is 0.810. The molecule has 0 radical (unpaired) electrons. The van der Waals surface area contributed by atoms with Crippen LogP contribution in [0.15, 0.2) is 24.3 Å². The number of nitrogens with one attached hydrogen (secondary N) is 1. The molecule has 0 aliphatic carbocycles. The molecule has 0 spiro atoms. The molecule has 0 aliphatic heterocycles. The summed E-state index contributed by atoms with van der Waals surface area (Å²) in [6.07, 6.45) is 0. The first-order valence-corrected chi connectivity index (χ1v) is 6.31. The predicted molar refractivity (Wildman–Crippen MR) is 72.3 cm³/mol. The highest BCUT2D eigenvalue weighted by Gasteiger charge is 2.07. The first-order valence-electron chi connectivity index (χ1n) is 5.16. The maximum absolute atomic E-state index is 11.6. The summed E-state index contributed by atoms with van der Waals surface area (Å²) in [6.45, 7) is 0. The van der Waals surface area contributed by atoms with Crippen molar-refractivity contribution in [2.45, 2.75) is 0 Å². The molecule has 0 saturated carbocycles. The van der Waals surface area contributed by atoms with Crippen LogP contribution in [0.2, 0.25) is 0 Å². The van der Waals surface area contributed by atoms with Crippen LogP contribution in [0.5, 0.6) is 0 Å². The van der Waals surface area contributed by atoms with Gasteiger partial charge in [0.15, 0.2) is 0 Å². The molecule has 1 aromatic rings. The Labute approximate surface area is 106 Å². The Bertz CT molecular complexity index is 426. The minimum atomic E-state index is -0.0837. The molecule has 5 heteroatoms. The van der Waals surface area contributed by atoms with Crippen LogP contribution < -0.4 is 10.2 Å². The largest absolute Gasteiger partial charge is 0.376 e. The van der Waals surface area contributed by atoms with Crippen molar-refractivity contribution in [1.29, 1.82) is 5.26 Å². The van der Waals surface area contributed by atoms with Gasteiger partial charge in [0, 0.05) is 14.1 Å². The van der Waals surface area contributed by atoms with Crippen molar-refractivity contribution in [2.24, 2.45) is 0 Å². The number of nitriles is 1. The van der Waals surface area contributed by atoms with Crippen molar-refractivity contribution in [2.75, 3.05) is 35.8 Å². The number of benzene rings is 1. The van der Waals surface area contributed by atoms with Crippen LogP contribution in [0.4, 0.5) is 11.4 Å². The Morgan fingerprint density at radius 3 is 2.82 bits per heavy atom. The number of amides is 1. The first kappa shape index (κ1) is 13.4. The summed E-state index contributed by atoms with van der Waals surface area (Å²) >= 11 is 1.31. The van der Waals surface area contributed by atoms with E-state index in [1.54, 1.807) is 0 Å². The number of hydrogen-bond acceptors (Lipinski definition) is 4. The third kappa shape index (κ3) is 4.37. The lowest BCUT2D eigenvalue weighted by molar-refractivity contribution is -0.113. The van der Waals surface area contributed by atoms with E-state index in [1.165, 1.54) is 11.8 Å². The van der Waals surface area contributed by atoms with Gasteiger partial charge in [-0.15, -0.1) is 11.8 Å². The number of hydrogen-bond donors (Lipinski definition) is 1. The molecule has 0 atom stereocenters. The minimum absolute atomic E-state index is 0.0837. The maximum Gasteiger partial charge on any atom is 0.234 e. The summed E-state index contributed by atoms with van der Waals surface area (Å²) in [5.41, 5.74) is 1.76. The van der Waals surface area contributed by atoms with E-state index in [2.05, 4.69) is 5.32 Å². The zero-order valence-corrected chi connectivity index (χ0v) is 10.8.